The maximum absolute atomic E-state index is 11.9. The van der Waals surface area contributed by atoms with E-state index in [1.54, 1.807) is 6.20 Å². The molecule has 6 nitrogen and oxygen atoms in total. The summed E-state index contributed by atoms with van der Waals surface area (Å²) in [5.41, 5.74) is 3.61. The normalized spacial score (nSPS) is 17.3. The van der Waals surface area contributed by atoms with E-state index in [0.29, 0.717) is 5.03 Å². The van der Waals surface area contributed by atoms with Gasteiger partial charge in [0.15, 0.2) is 16.0 Å². The van der Waals surface area contributed by atoms with Gasteiger partial charge in [0.05, 0.1) is 17.4 Å². The first-order chi connectivity index (χ1) is 11.1. The Morgan fingerprint density at radius 1 is 1.22 bits per heavy atom. The minimum atomic E-state index is -1.57. The van der Waals surface area contributed by atoms with E-state index < -0.39 is 11.0 Å². The molecule has 0 saturated carbocycles. The second kappa shape index (κ2) is 5.13. The lowest BCUT2D eigenvalue weighted by Gasteiger charge is -2.05. The number of nitrogens with one attached hydrogen (secondary N) is 1. The summed E-state index contributed by atoms with van der Waals surface area (Å²) in [7, 11) is -1.57. The monoisotopic (exact) mass is 324 g/mol. The van der Waals surface area contributed by atoms with Gasteiger partial charge in [-0.25, -0.2) is 8.89 Å². The third-order valence-electron chi connectivity index (χ3n) is 3.60. The van der Waals surface area contributed by atoms with E-state index in [-0.39, 0.29) is 5.91 Å². The van der Waals surface area contributed by atoms with Crippen LogP contribution >= 0.6 is 0 Å². The molecule has 0 saturated heterocycles. The average molecular weight is 324 g/mol. The lowest BCUT2D eigenvalue weighted by atomic mass is 10.1. The second-order valence-electron chi connectivity index (χ2n) is 5.21. The Morgan fingerprint density at radius 2 is 2.09 bits per heavy atom. The Hall–Kier alpha value is -2.80. The summed E-state index contributed by atoms with van der Waals surface area (Å²) in [6.45, 7) is 1.95. The predicted octanol–water partition coefficient (Wildman–Crippen LogP) is 2.00. The summed E-state index contributed by atoms with van der Waals surface area (Å²) in [6.07, 6.45) is 2.99. The van der Waals surface area contributed by atoms with Crippen molar-refractivity contribution in [2.45, 2.75) is 6.92 Å². The van der Waals surface area contributed by atoms with E-state index in [4.69, 9.17) is 0 Å². The van der Waals surface area contributed by atoms with Crippen molar-refractivity contribution in [3.8, 4) is 11.3 Å². The third-order valence-corrected chi connectivity index (χ3v) is 4.66. The Morgan fingerprint density at radius 3 is 2.83 bits per heavy atom. The van der Waals surface area contributed by atoms with E-state index in [9.17, 15) is 9.00 Å². The van der Waals surface area contributed by atoms with Gasteiger partial charge in [0, 0.05) is 22.7 Å². The van der Waals surface area contributed by atoms with Gasteiger partial charge in [-0.15, -0.1) is 0 Å². The predicted molar refractivity (Wildman–Crippen MR) is 88.3 cm³/mol. The van der Waals surface area contributed by atoms with E-state index in [1.165, 1.54) is 10.8 Å². The van der Waals surface area contributed by atoms with Crippen molar-refractivity contribution in [3.63, 3.8) is 0 Å². The number of pyridine rings is 1. The molecule has 1 unspecified atom stereocenters. The number of nitrogens with zero attached hydrogens (tertiary/aromatic N) is 3. The molecule has 4 rings (SSSR count). The number of hydrogen-bond donors (Lipinski definition) is 1. The molecule has 1 N–H and O–H groups in total. The molecule has 1 aliphatic heterocycles. The Kier molecular flexibility index (Phi) is 3.09. The zero-order valence-corrected chi connectivity index (χ0v) is 13.0. The molecule has 0 aliphatic carbocycles. The van der Waals surface area contributed by atoms with Crippen LogP contribution in [0.4, 0.5) is 0 Å². The minimum absolute atomic E-state index is 0.339. The molecule has 1 atom stereocenters. The van der Waals surface area contributed by atoms with Gasteiger partial charge in [-0.3, -0.25) is 14.5 Å². The molecule has 0 bridgehead atoms. The summed E-state index contributed by atoms with van der Waals surface area (Å²) in [5.74, 6) is -0.373. The number of aromatic nitrogens is 3. The highest BCUT2D eigenvalue weighted by atomic mass is 32.2. The molecule has 0 radical (unpaired) electrons. The Bertz CT molecular complexity index is 1010. The molecule has 114 valence electrons. The van der Waals surface area contributed by atoms with Crippen molar-refractivity contribution in [1.29, 1.82) is 0 Å². The van der Waals surface area contributed by atoms with E-state index in [2.05, 4.69) is 14.8 Å². The molecular formula is C16H12N4O2S. The van der Waals surface area contributed by atoms with Gasteiger partial charge in [0.1, 0.15) is 0 Å². The van der Waals surface area contributed by atoms with Gasteiger partial charge in [-0.2, -0.15) is 5.10 Å². The van der Waals surface area contributed by atoms with Crippen LogP contribution in [0.25, 0.3) is 27.2 Å². The highest BCUT2D eigenvalue weighted by Crippen LogP contribution is 2.26. The van der Waals surface area contributed by atoms with E-state index in [1.807, 2.05) is 43.3 Å². The Balaban J connectivity index is 1.82. The molecule has 3 aromatic rings. The zero-order valence-electron chi connectivity index (χ0n) is 12.2. The fourth-order valence-electron chi connectivity index (χ4n) is 2.55. The second-order valence-corrected chi connectivity index (χ2v) is 6.37. The van der Waals surface area contributed by atoms with Crippen LogP contribution in [0.5, 0.6) is 0 Å². The molecule has 0 fully saturated rings. The zero-order chi connectivity index (χ0) is 16.0. The molecular weight excluding hydrogens is 312 g/mol. The molecule has 1 aliphatic rings. The summed E-state index contributed by atoms with van der Waals surface area (Å²) >= 11 is 0. The van der Waals surface area contributed by atoms with Crippen LogP contribution in [0, 0.1) is 6.92 Å². The maximum Gasteiger partial charge on any atom is 0.258 e. The van der Waals surface area contributed by atoms with Crippen molar-refractivity contribution in [2.75, 3.05) is 0 Å². The summed E-state index contributed by atoms with van der Waals surface area (Å²) in [5, 5.41) is 5.49. The van der Waals surface area contributed by atoms with Crippen molar-refractivity contribution < 1.29 is 9.00 Å². The van der Waals surface area contributed by atoms with Gasteiger partial charge in [-0.1, -0.05) is 12.1 Å². The summed E-state index contributed by atoms with van der Waals surface area (Å²) in [6, 6.07) is 11.7. The quantitative estimate of drug-likeness (QED) is 0.782. The van der Waals surface area contributed by atoms with Crippen molar-refractivity contribution in [1.82, 2.24) is 19.5 Å². The first-order valence-electron chi connectivity index (χ1n) is 6.98. The molecule has 7 heteroatoms. The van der Waals surface area contributed by atoms with E-state index in [0.717, 1.165) is 27.9 Å². The molecule has 3 heterocycles. The summed E-state index contributed by atoms with van der Waals surface area (Å²) < 4.78 is 15.8. The minimum Gasteiger partial charge on any atom is -0.269 e. The first kappa shape index (κ1) is 13.8. The number of carbonyl (C=O) groups is 1. The van der Waals surface area contributed by atoms with E-state index >= 15 is 0 Å². The smallest absolute Gasteiger partial charge is 0.258 e. The largest absolute Gasteiger partial charge is 0.269 e. The number of amides is 1. The molecule has 1 aromatic carbocycles. The standard InChI is InChI=1S/C16H12N4O2S/c1-10-3-2-4-13(18-10)11-5-6-14-12(7-11)9-17-20(14)16-8-15(21)19-23(16)22/h2-9H,1H3,(H,19,21). The molecule has 0 spiro atoms. The SMILES string of the molecule is Cc1cccc(-c2ccc3c(cnn3C3=CC(=O)NS3=O)c2)n1. The number of hydrogen-bond acceptors (Lipinski definition) is 4. The van der Waals surface area contributed by atoms with Gasteiger partial charge >= 0.3 is 0 Å². The van der Waals surface area contributed by atoms with Crippen LogP contribution in [0.2, 0.25) is 0 Å². The lowest BCUT2D eigenvalue weighted by Crippen LogP contribution is -2.17. The van der Waals surface area contributed by atoms with Crippen LogP contribution in [-0.2, 0) is 15.8 Å². The average Bonchev–Trinajstić information content (AvgIpc) is 3.09. The van der Waals surface area contributed by atoms with Gasteiger partial charge in [-0.05, 0) is 31.2 Å². The van der Waals surface area contributed by atoms with Gasteiger partial charge in [0.25, 0.3) is 5.91 Å². The lowest BCUT2D eigenvalue weighted by molar-refractivity contribution is -0.114. The topological polar surface area (TPSA) is 76.9 Å². The first-order valence-corrected chi connectivity index (χ1v) is 8.13. The highest BCUT2D eigenvalue weighted by molar-refractivity contribution is 7.93. The number of aryl methyl sites for hydroxylation is 1. The molecule has 23 heavy (non-hydrogen) atoms. The molecule has 1 amide bonds. The van der Waals surface area contributed by atoms with Crippen molar-refractivity contribution in [3.05, 3.63) is 54.4 Å². The van der Waals surface area contributed by atoms with Gasteiger partial charge < -0.3 is 0 Å². The number of rotatable bonds is 2. The van der Waals surface area contributed by atoms with Crippen LogP contribution in [-0.4, -0.2) is 24.9 Å². The Labute approximate surface area is 134 Å². The number of carbonyl (C=O) groups excluding carboxylic acids is 1. The van der Waals surface area contributed by atoms with Crippen LogP contribution in [0.3, 0.4) is 0 Å². The third kappa shape index (κ3) is 2.35. The highest BCUT2D eigenvalue weighted by Gasteiger charge is 2.23. The van der Waals surface area contributed by atoms with Crippen LogP contribution in [0.15, 0.2) is 48.7 Å². The van der Waals surface area contributed by atoms with Crippen LogP contribution in [0.1, 0.15) is 5.69 Å². The molecule has 2 aromatic heterocycles. The number of fused-ring (bicyclic) bond motifs is 1. The fraction of sp³-hybridized carbons (Fsp3) is 0.0625. The fourth-order valence-corrected chi connectivity index (χ4v) is 3.41. The summed E-state index contributed by atoms with van der Waals surface area (Å²) in [4.78, 5) is 15.9. The maximum atomic E-state index is 11.9. The van der Waals surface area contributed by atoms with Crippen molar-refractivity contribution >= 4 is 32.8 Å². The van der Waals surface area contributed by atoms with Crippen LogP contribution < -0.4 is 4.72 Å². The van der Waals surface area contributed by atoms with Crippen molar-refractivity contribution in [2.24, 2.45) is 0 Å². The van der Waals surface area contributed by atoms with Gasteiger partial charge in [0.2, 0.25) is 0 Å². The number of benzene rings is 1.